The average Bonchev–Trinajstić information content (AvgIpc) is 2.27. The Morgan fingerprint density at radius 2 is 2.12 bits per heavy atom. The number of benzene rings is 1. The smallest absolute Gasteiger partial charge is 0.224 e. The third-order valence-corrected chi connectivity index (χ3v) is 2.43. The van der Waals surface area contributed by atoms with Crippen molar-refractivity contribution in [2.45, 2.75) is 13.5 Å². The highest BCUT2D eigenvalue weighted by atomic mass is 19.1. The molecule has 0 aliphatic carbocycles. The number of amides is 1. The van der Waals surface area contributed by atoms with Crippen molar-refractivity contribution in [2.24, 2.45) is 5.92 Å². The molecule has 0 spiro atoms. The predicted molar refractivity (Wildman–Crippen MR) is 61.3 cm³/mol. The normalized spacial score (nSPS) is 12.2. The van der Waals surface area contributed by atoms with Crippen LogP contribution in [0.5, 0.6) is 0 Å². The van der Waals surface area contributed by atoms with Crippen molar-refractivity contribution in [3.63, 3.8) is 0 Å². The molecule has 0 aliphatic heterocycles. The maximum absolute atomic E-state index is 13.2. The van der Waals surface area contributed by atoms with Gasteiger partial charge in [-0.05, 0) is 13.1 Å². The molecular formula is C12H16F2N2O. The van der Waals surface area contributed by atoms with Gasteiger partial charge in [-0.15, -0.1) is 0 Å². The molecule has 1 amide bonds. The van der Waals surface area contributed by atoms with Crippen LogP contribution >= 0.6 is 0 Å². The van der Waals surface area contributed by atoms with Crippen molar-refractivity contribution in [3.05, 3.63) is 35.4 Å². The van der Waals surface area contributed by atoms with Crippen molar-refractivity contribution < 1.29 is 13.6 Å². The van der Waals surface area contributed by atoms with Gasteiger partial charge in [-0.2, -0.15) is 0 Å². The molecule has 2 N–H and O–H groups in total. The molecule has 5 heteroatoms. The summed E-state index contributed by atoms with van der Waals surface area (Å²) in [5.41, 5.74) is 0.274. The van der Waals surface area contributed by atoms with Crippen molar-refractivity contribution >= 4 is 5.91 Å². The quantitative estimate of drug-likeness (QED) is 0.820. The summed E-state index contributed by atoms with van der Waals surface area (Å²) in [5, 5.41) is 5.48. The zero-order valence-electron chi connectivity index (χ0n) is 9.89. The predicted octanol–water partition coefficient (Wildman–Crippen LogP) is 1.44. The highest BCUT2D eigenvalue weighted by Crippen LogP contribution is 2.09. The summed E-state index contributed by atoms with van der Waals surface area (Å²) in [6.07, 6.45) is 0. The van der Waals surface area contributed by atoms with Crippen LogP contribution in [0.2, 0.25) is 0 Å². The second kappa shape index (κ2) is 6.30. The number of rotatable bonds is 5. The molecule has 0 saturated carbocycles. The molecule has 0 heterocycles. The van der Waals surface area contributed by atoms with Crippen molar-refractivity contribution in [3.8, 4) is 0 Å². The molecule has 1 atom stereocenters. The Kier molecular flexibility index (Phi) is 5.03. The second-order valence-electron chi connectivity index (χ2n) is 3.91. The van der Waals surface area contributed by atoms with E-state index in [1.807, 2.05) is 0 Å². The van der Waals surface area contributed by atoms with Gasteiger partial charge in [0.15, 0.2) is 0 Å². The number of carbonyl (C=O) groups is 1. The molecule has 3 nitrogen and oxygen atoms in total. The number of hydrogen-bond acceptors (Lipinski definition) is 2. The fourth-order valence-corrected chi connectivity index (χ4v) is 1.42. The Labute approximate surface area is 99.2 Å². The van der Waals surface area contributed by atoms with E-state index < -0.39 is 11.6 Å². The Morgan fingerprint density at radius 3 is 2.71 bits per heavy atom. The molecule has 1 aromatic carbocycles. The van der Waals surface area contributed by atoms with Crippen LogP contribution in [-0.4, -0.2) is 19.5 Å². The lowest BCUT2D eigenvalue weighted by Gasteiger charge is -2.11. The van der Waals surface area contributed by atoms with E-state index >= 15 is 0 Å². The molecule has 1 unspecified atom stereocenters. The maximum Gasteiger partial charge on any atom is 0.224 e. The molecule has 0 aliphatic rings. The molecule has 0 fully saturated rings. The molecule has 0 radical (unpaired) electrons. The van der Waals surface area contributed by atoms with Crippen molar-refractivity contribution in [2.75, 3.05) is 13.6 Å². The van der Waals surface area contributed by atoms with Crippen LogP contribution < -0.4 is 10.6 Å². The Balaban J connectivity index is 2.53. The van der Waals surface area contributed by atoms with E-state index in [-0.39, 0.29) is 23.9 Å². The van der Waals surface area contributed by atoms with Crippen LogP contribution in [0.3, 0.4) is 0 Å². The topological polar surface area (TPSA) is 41.1 Å². The van der Waals surface area contributed by atoms with E-state index in [4.69, 9.17) is 0 Å². The Hall–Kier alpha value is -1.49. The zero-order chi connectivity index (χ0) is 12.8. The van der Waals surface area contributed by atoms with Crippen LogP contribution in [0.4, 0.5) is 8.78 Å². The molecule has 0 saturated heterocycles. The minimum absolute atomic E-state index is 0.0685. The first-order valence-electron chi connectivity index (χ1n) is 5.41. The highest BCUT2D eigenvalue weighted by Gasteiger charge is 2.12. The van der Waals surface area contributed by atoms with E-state index in [0.29, 0.717) is 6.54 Å². The van der Waals surface area contributed by atoms with Crippen LogP contribution in [-0.2, 0) is 11.3 Å². The third kappa shape index (κ3) is 4.11. The Morgan fingerprint density at radius 1 is 1.41 bits per heavy atom. The zero-order valence-corrected chi connectivity index (χ0v) is 9.89. The van der Waals surface area contributed by atoms with Gasteiger partial charge in [0.2, 0.25) is 5.91 Å². The number of halogens is 2. The van der Waals surface area contributed by atoms with E-state index in [2.05, 4.69) is 10.6 Å². The van der Waals surface area contributed by atoms with Gasteiger partial charge in [-0.25, -0.2) is 8.78 Å². The maximum atomic E-state index is 13.2. The van der Waals surface area contributed by atoms with Gasteiger partial charge < -0.3 is 10.6 Å². The van der Waals surface area contributed by atoms with Gasteiger partial charge in [0.1, 0.15) is 11.6 Å². The van der Waals surface area contributed by atoms with E-state index in [1.165, 1.54) is 12.1 Å². The molecule has 17 heavy (non-hydrogen) atoms. The largest absolute Gasteiger partial charge is 0.352 e. The highest BCUT2D eigenvalue weighted by molar-refractivity contribution is 5.78. The first-order chi connectivity index (χ1) is 8.04. The minimum Gasteiger partial charge on any atom is -0.352 e. The van der Waals surface area contributed by atoms with Crippen LogP contribution in [0.25, 0.3) is 0 Å². The minimum atomic E-state index is -0.647. The molecule has 94 valence electrons. The summed E-state index contributed by atoms with van der Waals surface area (Å²) < 4.78 is 25.9. The van der Waals surface area contributed by atoms with E-state index in [9.17, 15) is 13.6 Å². The summed E-state index contributed by atoms with van der Waals surface area (Å²) in [4.78, 5) is 11.5. The number of carbonyl (C=O) groups excluding carboxylic acids is 1. The number of nitrogens with one attached hydrogen (secondary N) is 2. The van der Waals surface area contributed by atoms with E-state index in [0.717, 1.165) is 6.07 Å². The third-order valence-electron chi connectivity index (χ3n) is 2.43. The van der Waals surface area contributed by atoms with E-state index in [1.54, 1.807) is 14.0 Å². The standard InChI is InChI=1S/C12H16F2N2O/c1-8(6-15-2)12(17)16-7-9-3-4-10(13)5-11(9)14/h3-5,8,15H,6-7H2,1-2H3,(H,16,17). The van der Waals surface area contributed by atoms with Gasteiger partial charge in [0, 0.05) is 30.6 Å². The van der Waals surface area contributed by atoms with Crippen molar-refractivity contribution in [1.82, 2.24) is 10.6 Å². The Bertz CT molecular complexity index is 396. The fraction of sp³-hybridized carbons (Fsp3) is 0.417. The van der Waals surface area contributed by atoms with Gasteiger partial charge in [-0.1, -0.05) is 13.0 Å². The lowest BCUT2D eigenvalue weighted by molar-refractivity contribution is -0.124. The monoisotopic (exact) mass is 242 g/mol. The summed E-state index contributed by atoms with van der Waals surface area (Å²) in [6, 6.07) is 3.30. The fourth-order valence-electron chi connectivity index (χ4n) is 1.42. The molecule has 1 rings (SSSR count). The van der Waals surface area contributed by atoms with Crippen LogP contribution in [0.1, 0.15) is 12.5 Å². The van der Waals surface area contributed by atoms with Gasteiger partial charge in [0.05, 0.1) is 0 Å². The summed E-state index contributed by atoms with van der Waals surface area (Å²) in [6.45, 7) is 2.39. The average molecular weight is 242 g/mol. The van der Waals surface area contributed by atoms with Crippen LogP contribution in [0, 0.1) is 17.6 Å². The SMILES string of the molecule is CNCC(C)C(=O)NCc1ccc(F)cc1F. The summed E-state index contributed by atoms with van der Waals surface area (Å²) in [5.74, 6) is -1.63. The summed E-state index contributed by atoms with van der Waals surface area (Å²) >= 11 is 0. The number of hydrogen-bond donors (Lipinski definition) is 2. The first-order valence-corrected chi connectivity index (χ1v) is 5.41. The summed E-state index contributed by atoms with van der Waals surface area (Å²) in [7, 11) is 1.75. The molecule has 0 aromatic heterocycles. The van der Waals surface area contributed by atoms with Gasteiger partial charge in [0.25, 0.3) is 0 Å². The lowest BCUT2D eigenvalue weighted by atomic mass is 10.1. The van der Waals surface area contributed by atoms with Gasteiger partial charge in [-0.3, -0.25) is 4.79 Å². The molecule has 0 bridgehead atoms. The molecular weight excluding hydrogens is 226 g/mol. The van der Waals surface area contributed by atoms with Crippen LogP contribution in [0.15, 0.2) is 18.2 Å². The van der Waals surface area contributed by atoms with Gasteiger partial charge >= 0.3 is 0 Å². The molecule has 1 aromatic rings. The second-order valence-corrected chi connectivity index (χ2v) is 3.91. The lowest BCUT2D eigenvalue weighted by Crippen LogP contribution is -2.34. The first kappa shape index (κ1) is 13.6. The van der Waals surface area contributed by atoms with Crippen molar-refractivity contribution in [1.29, 1.82) is 0 Å².